The molecule has 6 heteroatoms. The van der Waals surface area contributed by atoms with Gasteiger partial charge in [0, 0.05) is 38.1 Å². The normalized spacial score (nSPS) is 17.5. The van der Waals surface area contributed by atoms with Gasteiger partial charge in [-0.2, -0.15) is 0 Å². The van der Waals surface area contributed by atoms with Crippen LogP contribution in [0.3, 0.4) is 0 Å². The molecular weight excluding hydrogens is 258 g/mol. The second-order valence-electron chi connectivity index (χ2n) is 4.95. The van der Waals surface area contributed by atoms with E-state index in [-0.39, 0.29) is 5.91 Å². The van der Waals surface area contributed by atoms with Crippen molar-refractivity contribution in [1.82, 2.24) is 10.3 Å². The molecule has 2 rings (SSSR count). The van der Waals surface area contributed by atoms with E-state index in [0.29, 0.717) is 45.0 Å². The number of hydrogen-bond acceptors (Lipinski definition) is 5. The summed E-state index contributed by atoms with van der Waals surface area (Å²) in [4.78, 5) is 16.5. The Morgan fingerprint density at radius 1 is 1.55 bits per heavy atom. The summed E-state index contributed by atoms with van der Waals surface area (Å²) < 4.78 is 10.5. The van der Waals surface area contributed by atoms with Crippen molar-refractivity contribution in [1.29, 1.82) is 0 Å². The standard InChI is InChI=1S/C14H21N3O3/c1-19-12-11(3-2-6-16-12)9-17-13(18)14(10-15)4-7-20-8-5-14/h2-3,6H,4-5,7-10,15H2,1H3,(H,17,18). The number of hydrogen-bond donors (Lipinski definition) is 2. The molecule has 20 heavy (non-hydrogen) atoms. The van der Waals surface area contributed by atoms with E-state index in [9.17, 15) is 4.79 Å². The smallest absolute Gasteiger partial charge is 0.227 e. The van der Waals surface area contributed by atoms with E-state index < -0.39 is 5.41 Å². The third-order valence-electron chi connectivity index (χ3n) is 3.81. The first-order valence-corrected chi connectivity index (χ1v) is 6.76. The molecule has 3 N–H and O–H groups in total. The van der Waals surface area contributed by atoms with Crippen LogP contribution in [0.2, 0.25) is 0 Å². The van der Waals surface area contributed by atoms with E-state index in [1.54, 1.807) is 13.3 Å². The number of amides is 1. The average Bonchev–Trinajstić information content (AvgIpc) is 2.53. The fraction of sp³-hybridized carbons (Fsp3) is 0.571. The summed E-state index contributed by atoms with van der Waals surface area (Å²) in [6.45, 7) is 1.90. The van der Waals surface area contributed by atoms with Crippen LogP contribution in [0.15, 0.2) is 18.3 Å². The van der Waals surface area contributed by atoms with Gasteiger partial charge < -0.3 is 20.5 Å². The number of aromatic nitrogens is 1. The lowest BCUT2D eigenvalue weighted by molar-refractivity contribution is -0.136. The summed E-state index contributed by atoms with van der Waals surface area (Å²) in [6.07, 6.45) is 2.99. The topological polar surface area (TPSA) is 86.5 Å². The Kier molecular flexibility index (Phi) is 4.92. The van der Waals surface area contributed by atoms with Gasteiger partial charge in [0.25, 0.3) is 0 Å². The van der Waals surface area contributed by atoms with Crippen molar-refractivity contribution in [2.45, 2.75) is 19.4 Å². The Morgan fingerprint density at radius 3 is 2.95 bits per heavy atom. The highest BCUT2D eigenvalue weighted by molar-refractivity contribution is 5.83. The van der Waals surface area contributed by atoms with Gasteiger partial charge >= 0.3 is 0 Å². The highest BCUT2D eigenvalue weighted by Gasteiger charge is 2.38. The zero-order valence-electron chi connectivity index (χ0n) is 11.7. The molecule has 0 bridgehead atoms. The molecule has 110 valence electrons. The summed E-state index contributed by atoms with van der Waals surface area (Å²) >= 11 is 0. The second kappa shape index (κ2) is 6.67. The molecule has 1 saturated heterocycles. The van der Waals surface area contributed by atoms with E-state index in [0.717, 1.165) is 5.56 Å². The van der Waals surface area contributed by atoms with Gasteiger partial charge in [-0.15, -0.1) is 0 Å². The lowest BCUT2D eigenvalue weighted by Crippen LogP contribution is -2.49. The first kappa shape index (κ1) is 14.7. The average molecular weight is 279 g/mol. The zero-order valence-corrected chi connectivity index (χ0v) is 11.7. The Balaban J connectivity index is 2.00. The van der Waals surface area contributed by atoms with Gasteiger partial charge in [-0.05, 0) is 18.9 Å². The van der Waals surface area contributed by atoms with E-state index in [4.69, 9.17) is 15.2 Å². The quantitative estimate of drug-likeness (QED) is 0.818. The highest BCUT2D eigenvalue weighted by atomic mass is 16.5. The summed E-state index contributed by atoms with van der Waals surface area (Å²) in [5.41, 5.74) is 6.15. The predicted molar refractivity (Wildman–Crippen MR) is 74.2 cm³/mol. The minimum Gasteiger partial charge on any atom is -0.481 e. The Morgan fingerprint density at radius 2 is 2.30 bits per heavy atom. The first-order chi connectivity index (χ1) is 9.72. The molecule has 0 aliphatic carbocycles. The number of methoxy groups -OCH3 is 1. The molecule has 0 spiro atoms. The number of nitrogens with zero attached hydrogens (tertiary/aromatic N) is 1. The second-order valence-corrected chi connectivity index (χ2v) is 4.95. The molecule has 1 aromatic rings. The highest BCUT2D eigenvalue weighted by Crippen LogP contribution is 2.29. The number of nitrogens with two attached hydrogens (primary N) is 1. The van der Waals surface area contributed by atoms with Crippen molar-refractivity contribution in [3.63, 3.8) is 0 Å². The number of rotatable bonds is 5. The molecule has 0 unspecified atom stereocenters. The SMILES string of the molecule is COc1ncccc1CNC(=O)C1(CN)CCOCC1. The summed E-state index contributed by atoms with van der Waals surface area (Å²) in [5, 5.41) is 2.94. The Labute approximate surface area is 118 Å². The first-order valence-electron chi connectivity index (χ1n) is 6.76. The van der Waals surface area contributed by atoms with Gasteiger partial charge in [-0.25, -0.2) is 4.98 Å². The Bertz CT molecular complexity index is 459. The minimum atomic E-state index is -0.506. The van der Waals surface area contributed by atoms with Crippen molar-refractivity contribution in [3.8, 4) is 5.88 Å². The van der Waals surface area contributed by atoms with Gasteiger partial charge in [0.2, 0.25) is 11.8 Å². The molecule has 1 fully saturated rings. The lowest BCUT2D eigenvalue weighted by Gasteiger charge is -2.34. The van der Waals surface area contributed by atoms with Gasteiger partial charge in [0.15, 0.2) is 0 Å². The van der Waals surface area contributed by atoms with Crippen LogP contribution >= 0.6 is 0 Å². The van der Waals surface area contributed by atoms with Crippen molar-refractivity contribution in [2.75, 3.05) is 26.9 Å². The van der Waals surface area contributed by atoms with Crippen LogP contribution in [-0.4, -0.2) is 37.8 Å². The largest absolute Gasteiger partial charge is 0.481 e. The summed E-state index contributed by atoms with van der Waals surface area (Å²) in [6, 6.07) is 3.70. The van der Waals surface area contributed by atoms with Crippen LogP contribution in [0.25, 0.3) is 0 Å². The van der Waals surface area contributed by atoms with Crippen LogP contribution in [0.5, 0.6) is 5.88 Å². The van der Waals surface area contributed by atoms with E-state index in [1.807, 2.05) is 12.1 Å². The van der Waals surface area contributed by atoms with Crippen molar-refractivity contribution in [2.24, 2.45) is 11.1 Å². The molecule has 1 aliphatic rings. The molecule has 1 amide bonds. The van der Waals surface area contributed by atoms with Gasteiger partial charge in [-0.1, -0.05) is 6.07 Å². The molecule has 6 nitrogen and oxygen atoms in total. The van der Waals surface area contributed by atoms with Crippen molar-refractivity contribution < 1.29 is 14.3 Å². The van der Waals surface area contributed by atoms with Gasteiger partial charge in [-0.3, -0.25) is 4.79 Å². The lowest BCUT2D eigenvalue weighted by atomic mass is 9.79. The number of pyridine rings is 1. The molecule has 0 radical (unpaired) electrons. The summed E-state index contributed by atoms with van der Waals surface area (Å²) in [5.74, 6) is 0.510. The molecule has 1 aromatic heterocycles. The zero-order chi connectivity index (χ0) is 14.4. The molecule has 0 aromatic carbocycles. The van der Waals surface area contributed by atoms with Crippen LogP contribution in [0, 0.1) is 5.41 Å². The fourth-order valence-electron chi connectivity index (χ4n) is 2.39. The number of carbonyl (C=O) groups is 1. The fourth-order valence-corrected chi connectivity index (χ4v) is 2.39. The third-order valence-corrected chi connectivity index (χ3v) is 3.81. The molecule has 2 heterocycles. The third kappa shape index (κ3) is 3.08. The maximum absolute atomic E-state index is 12.4. The number of nitrogens with one attached hydrogen (secondary N) is 1. The molecular formula is C14H21N3O3. The molecule has 0 saturated carbocycles. The minimum absolute atomic E-state index is 0.0193. The number of ether oxygens (including phenoxy) is 2. The monoisotopic (exact) mass is 279 g/mol. The van der Waals surface area contributed by atoms with Gasteiger partial charge in [0.05, 0.1) is 12.5 Å². The van der Waals surface area contributed by atoms with E-state index >= 15 is 0 Å². The van der Waals surface area contributed by atoms with Gasteiger partial charge in [0.1, 0.15) is 0 Å². The van der Waals surface area contributed by atoms with Crippen molar-refractivity contribution >= 4 is 5.91 Å². The van der Waals surface area contributed by atoms with Crippen LogP contribution in [-0.2, 0) is 16.1 Å². The van der Waals surface area contributed by atoms with E-state index in [2.05, 4.69) is 10.3 Å². The van der Waals surface area contributed by atoms with Crippen LogP contribution in [0.4, 0.5) is 0 Å². The molecule has 0 atom stereocenters. The van der Waals surface area contributed by atoms with E-state index in [1.165, 1.54) is 0 Å². The van der Waals surface area contributed by atoms with Crippen LogP contribution in [0.1, 0.15) is 18.4 Å². The Hall–Kier alpha value is -1.66. The summed E-state index contributed by atoms with van der Waals surface area (Å²) in [7, 11) is 1.56. The maximum atomic E-state index is 12.4. The van der Waals surface area contributed by atoms with Crippen molar-refractivity contribution in [3.05, 3.63) is 23.9 Å². The van der Waals surface area contributed by atoms with Crippen LogP contribution < -0.4 is 15.8 Å². The number of carbonyl (C=O) groups excluding carboxylic acids is 1. The maximum Gasteiger partial charge on any atom is 0.227 e. The molecule has 1 aliphatic heterocycles. The predicted octanol–water partition coefficient (Wildman–Crippen LogP) is 0.462.